The number of aromatic nitrogens is 1. The number of phenolic OH excluding ortho intramolecular Hbond substituents is 1. The zero-order chi connectivity index (χ0) is 26.1. The normalized spacial score (nSPS) is 15.6. The van der Waals surface area contributed by atoms with Crippen LogP contribution in [-0.2, 0) is 9.53 Å². The summed E-state index contributed by atoms with van der Waals surface area (Å²) in [7, 11) is 0. The van der Waals surface area contributed by atoms with Crippen molar-refractivity contribution in [1.82, 2.24) is 4.57 Å². The highest BCUT2D eigenvalue weighted by Gasteiger charge is 2.33. The molecule has 1 aromatic heterocycles. The lowest BCUT2D eigenvalue weighted by Gasteiger charge is -2.25. The van der Waals surface area contributed by atoms with Crippen LogP contribution in [0.4, 0.5) is 5.69 Å². The second-order valence-corrected chi connectivity index (χ2v) is 9.64. The minimum absolute atomic E-state index is 0.179. The molecule has 0 radical (unpaired) electrons. The molecule has 10 heteroatoms. The van der Waals surface area contributed by atoms with Gasteiger partial charge in [-0.15, -0.1) is 0 Å². The van der Waals surface area contributed by atoms with Crippen LogP contribution < -0.4 is 14.9 Å². The van der Waals surface area contributed by atoms with E-state index in [1.54, 1.807) is 13.8 Å². The number of nitro benzene ring substituents is 1. The van der Waals surface area contributed by atoms with Gasteiger partial charge in [-0.3, -0.25) is 19.5 Å². The molecule has 4 rings (SSSR count). The van der Waals surface area contributed by atoms with Gasteiger partial charge in [-0.2, -0.15) is 0 Å². The first-order valence-corrected chi connectivity index (χ1v) is 12.2. The van der Waals surface area contributed by atoms with Crippen LogP contribution in [0.1, 0.15) is 56.3 Å². The van der Waals surface area contributed by atoms with Gasteiger partial charge in [-0.25, -0.2) is 9.79 Å². The molecular formula is C26H25N3O6S. The number of phenols is 1. The van der Waals surface area contributed by atoms with Crippen LogP contribution in [0.25, 0.3) is 6.08 Å². The minimum atomic E-state index is -0.738. The fourth-order valence-electron chi connectivity index (χ4n) is 4.10. The summed E-state index contributed by atoms with van der Waals surface area (Å²) >= 11 is 1.12. The second-order valence-electron chi connectivity index (χ2n) is 8.63. The van der Waals surface area contributed by atoms with E-state index in [0.717, 1.165) is 22.5 Å². The van der Waals surface area contributed by atoms with Crippen molar-refractivity contribution in [3.05, 3.63) is 100 Å². The molecule has 1 aliphatic heterocycles. The Balaban J connectivity index is 1.93. The van der Waals surface area contributed by atoms with E-state index >= 15 is 0 Å². The number of rotatable bonds is 6. The average molecular weight is 508 g/mol. The zero-order valence-electron chi connectivity index (χ0n) is 20.2. The van der Waals surface area contributed by atoms with E-state index in [-0.39, 0.29) is 22.3 Å². The number of carbonyl (C=O) groups excluding carboxylic acids is 1. The van der Waals surface area contributed by atoms with Crippen LogP contribution in [0.15, 0.2) is 63.5 Å². The summed E-state index contributed by atoms with van der Waals surface area (Å²) in [5.41, 5.74) is 2.14. The van der Waals surface area contributed by atoms with Crippen molar-refractivity contribution >= 4 is 29.1 Å². The molecule has 0 saturated heterocycles. The molecule has 0 fully saturated rings. The number of allylic oxidation sites excluding steroid dienone is 1. The lowest BCUT2D eigenvalue weighted by Crippen LogP contribution is -2.39. The van der Waals surface area contributed by atoms with Crippen molar-refractivity contribution in [3.8, 4) is 5.75 Å². The molecule has 0 bridgehead atoms. The first-order chi connectivity index (χ1) is 17.1. The van der Waals surface area contributed by atoms with Crippen molar-refractivity contribution in [2.24, 2.45) is 4.99 Å². The number of carbonyl (C=O) groups is 1. The summed E-state index contributed by atoms with van der Waals surface area (Å²) < 4.78 is 7.06. The van der Waals surface area contributed by atoms with Crippen LogP contribution in [0.2, 0.25) is 0 Å². The largest absolute Gasteiger partial charge is 0.502 e. The van der Waals surface area contributed by atoms with Crippen LogP contribution >= 0.6 is 11.3 Å². The predicted molar refractivity (Wildman–Crippen MR) is 136 cm³/mol. The van der Waals surface area contributed by atoms with E-state index in [2.05, 4.69) is 18.8 Å². The molecule has 9 nitrogen and oxygen atoms in total. The summed E-state index contributed by atoms with van der Waals surface area (Å²) in [5.74, 6) is -0.685. The maximum atomic E-state index is 13.6. The van der Waals surface area contributed by atoms with E-state index in [4.69, 9.17) is 4.74 Å². The summed E-state index contributed by atoms with van der Waals surface area (Å²) in [6.07, 6.45) is 1.51. The number of hydrogen-bond donors (Lipinski definition) is 1. The number of hydrogen-bond acceptors (Lipinski definition) is 8. The summed E-state index contributed by atoms with van der Waals surface area (Å²) in [6.45, 7) is 7.77. The molecule has 186 valence electrons. The smallest absolute Gasteiger partial charge is 0.338 e. The molecule has 1 unspecified atom stereocenters. The fourth-order valence-corrected chi connectivity index (χ4v) is 5.14. The molecule has 1 N–H and O–H groups in total. The van der Waals surface area contributed by atoms with Crippen LogP contribution in [0, 0.1) is 10.1 Å². The molecule has 2 heterocycles. The molecular weight excluding hydrogens is 482 g/mol. The van der Waals surface area contributed by atoms with Gasteiger partial charge in [-0.05, 0) is 48.6 Å². The number of thiazole rings is 1. The number of ether oxygens (including phenoxy) is 1. The number of fused-ring (bicyclic) bond motifs is 1. The lowest BCUT2D eigenvalue weighted by molar-refractivity contribution is -0.385. The Labute approximate surface area is 210 Å². The van der Waals surface area contributed by atoms with Crippen molar-refractivity contribution < 1.29 is 19.6 Å². The molecule has 0 spiro atoms. The van der Waals surface area contributed by atoms with E-state index in [1.165, 1.54) is 28.8 Å². The second kappa shape index (κ2) is 9.90. The number of nitro groups is 1. The first kappa shape index (κ1) is 25.1. The molecule has 3 aromatic rings. The Hall–Kier alpha value is -4.05. The zero-order valence-corrected chi connectivity index (χ0v) is 21.0. The van der Waals surface area contributed by atoms with E-state index in [9.17, 15) is 24.8 Å². The third-order valence-corrected chi connectivity index (χ3v) is 6.91. The van der Waals surface area contributed by atoms with Crippen molar-refractivity contribution in [2.45, 2.75) is 39.7 Å². The Bertz CT molecular complexity index is 1560. The van der Waals surface area contributed by atoms with Crippen LogP contribution in [0.5, 0.6) is 5.75 Å². The van der Waals surface area contributed by atoms with Gasteiger partial charge >= 0.3 is 11.7 Å². The van der Waals surface area contributed by atoms with Crippen LogP contribution in [0.3, 0.4) is 0 Å². The molecule has 2 aromatic carbocycles. The lowest BCUT2D eigenvalue weighted by atomic mass is 9.93. The van der Waals surface area contributed by atoms with E-state index < -0.39 is 28.4 Å². The van der Waals surface area contributed by atoms with E-state index in [1.807, 2.05) is 24.3 Å². The fraction of sp³-hybridized carbons (Fsp3) is 0.269. The van der Waals surface area contributed by atoms with Gasteiger partial charge < -0.3 is 9.84 Å². The third-order valence-electron chi connectivity index (χ3n) is 5.93. The monoisotopic (exact) mass is 507 g/mol. The number of benzene rings is 2. The highest BCUT2D eigenvalue weighted by Crippen LogP contribution is 2.32. The van der Waals surface area contributed by atoms with Gasteiger partial charge in [0.25, 0.3) is 5.56 Å². The van der Waals surface area contributed by atoms with Gasteiger partial charge in [0.15, 0.2) is 10.6 Å². The number of esters is 1. The van der Waals surface area contributed by atoms with Crippen molar-refractivity contribution in [2.75, 3.05) is 6.61 Å². The average Bonchev–Trinajstić information content (AvgIpc) is 3.13. The Morgan fingerprint density at radius 3 is 2.58 bits per heavy atom. The quantitative estimate of drug-likeness (QED) is 0.309. The standard InChI is InChI=1S/C26H25N3O6S/c1-5-35-25(32)22-15(4)27-26-28(23(22)18-9-7-17(8-10-18)14(2)3)24(31)21(36-26)13-16-6-11-20(30)19(12-16)29(33)34/h6-14,23,30H,5H2,1-4H3. The van der Waals surface area contributed by atoms with Gasteiger partial charge in [0.2, 0.25) is 0 Å². The minimum Gasteiger partial charge on any atom is -0.502 e. The highest BCUT2D eigenvalue weighted by molar-refractivity contribution is 7.07. The maximum absolute atomic E-state index is 13.6. The van der Waals surface area contributed by atoms with Gasteiger partial charge in [0.05, 0.1) is 33.4 Å². The topological polar surface area (TPSA) is 124 Å². The number of aromatic hydroxyl groups is 1. The highest BCUT2D eigenvalue weighted by atomic mass is 32.1. The molecule has 0 aliphatic carbocycles. The first-order valence-electron chi connectivity index (χ1n) is 11.4. The molecule has 1 aliphatic rings. The van der Waals surface area contributed by atoms with Crippen molar-refractivity contribution in [1.29, 1.82) is 0 Å². The third kappa shape index (κ3) is 4.59. The number of nitrogens with zero attached hydrogens (tertiary/aromatic N) is 3. The molecule has 0 amide bonds. The van der Waals surface area contributed by atoms with Crippen molar-refractivity contribution in [3.63, 3.8) is 0 Å². The predicted octanol–water partition coefficient (Wildman–Crippen LogP) is 3.54. The Morgan fingerprint density at radius 2 is 1.97 bits per heavy atom. The maximum Gasteiger partial charge on any atom is 0.338 e. The summed E-state index contributed by atoms with van der Waals surface area (Å²) in [6, 6.07) is 10.9. The summed E-state index contributed by atoms with van der Waals surface area (Å²) in [5, 5.41) is 21.0. The summed E-state index contributed by atoms with van der Waals surface area (Å²) in [4.78, 5) is 42.0. The Kier molecular flexibility index (Phi) is 6.89. The Morgan fingerprint density at radius 1 is 1.28 bits per heavy atom. The van der Waals surface area contributed by atoms with Gasteiger partial charge in [0.1, 0.15) is 0 Å². The molecule has 36 heavy (non-hydrogen) atoms. The SMILES string of the molecule is CCOC(=O)C1=C(C)N=c2sc(=Cc3ccc(O)c([N+](=O)[O-])c3)c(=O)n2C1c1ccc(C(C)C)cc1. The molecule has 0 saturated carbocycles. The van der Waals surface area contributed by atoms with Crippen LogP contribution in [-0.4, -0.2) is 27.2 Å². The molecule has 1 atom stereocenters. The van der Waals surface area contributed by atoms with Gasteiger partial charge in [0, 0.05) is 6.07 Å². The van der Waals surface area contributed by atoms with Gasteiger partial charge in [-0.1, -0.05) is 55.5 Å². The van der Waals surface area contributed by atoms with E-state index in [0.29, 0.717) is 22.0 Å².